The molecule has 3 heterocycles. The highest BCUT2D eigenvalue weighted by Gasteiger charge is 2.25. The Balaban J connectivity index is 1.70. The Bertz CT molecular complexity index is 2060. The number of hydrogen-bond acceptors (Lipinski definition) is 7. The molecule has 232 valence electrons. The molecule has 0 radical (unpaired) electrons. The molecule has 0 aliphatic heterocycles. The molecule has 11 nitrogen and oxygen atoms in total. The fourth-order valence-corrected chi connectivity index (χ4v) is 5.81. The van der Waals surface area contributed by atoms with Crippen LogP contribution >= 0.6 is 0 Å². The van der Waals surface area contributed by atoms with Crippen LogP contribution in [0.3, 0.4) is 0 Å². The largest absolute Gasteiger partial charge is 0.378 e. The molecule has 0 bridgehead atoms. The summed E-state index contributed by atoms with van der Waals surface area (Å²) in [5, 5.41) is 24.1. The number of carbonyl (C=O) groups is 1. The summed E-state index contributed by atoms with van der Waals surface area (Å²) in [6, 6.07) is 10.8. The van der Waals surface area contributed by atoms with Crippen molar-refractivity contribution in [2.75, 3.05) is 4.72 Å². The van der Waals surface area contributed by atoms with Crippen LogP contribution in [0.25, 0.3) is 22.0 Å². The molecule has 1 atom stereocenters. The molecule has 0 aliphatic carbocycles. The van der Waals surface area contributed by atoms with Gasteiger partial charge in [0.15, 0.2) is 5.82 Å². The molecule has 0 saturated carbocycles. The minimum absolute atomic E-state index is 0.0201. The molecule has 5 rings (SSSR count). The Morgan fingerprint density at radius 3 is 2.51 bits per heavy atom. The van der Waals surface area contributed by atoms with Gasteiger partial charge in [0.25, 0.3) is 10.0 Å². The number of anilines is 1. The standard InChI is InChI=1S/C31H29F2N7O4S/c1-18(41)36-27(14-19-12-20(32)15-21(33)13-19)28-24(9-8-22(37-28)10-11-31(2,3)42)25-6-5-7-26-29(25)40(4)38-30(26)39-45(43,44)23-16-34-35-17-23/h5-9,12-13,15-17,27,42H,14H2,1-4H3,(H,34,35)(H,36,41)(H,38,39)/t27-/m0/s1. The van der Waals surface area contributed by atoms with Crippen LogP contribution in [-0.2, 0) is 28.3 Å². The van der Waals surface area contributed by atoms with Crippen molar-refractivity contribution in [1.29, 1.82) is 0 Å². The quantitative estimate of drug-likeness (QED) is 0.189. The maximum atomic E-state index is 14.1. The second kappa shape index (κ2) is 12.1. The van der Waals surface area contributed by atoms with Crippen molar-refractivity contribution in [2.45, 2.75) is 43.7 Å². The van der Waals surface area contributed by atoms with Crippen LogP contribution in [0.1, 0.15) is 43.8 Å². The topological polar surface area (TPSA) is 155 Å². The van der Waals surface area contributed by atoms with Crippen LogP contribution in [-0.4, -0.2) is 50.0 Å². The van der Waals surface area contributed by atoms with Gasteiger partial charge in [0.05, 0.1) is 23.4 Å². The first-order valence-corrected chi connectivity index (χ1v) is 15.1. The minimum Gasteiger partial charge on any atom is -0.378 e. The van der Waals surface area contributed by atoms with Gasteiger partial charge in [0.2, 0.25) is 5.91 Å². The van der Waals surface area contributed by atoms with Gasteiger partial charge in [0, 0.05) is 42.7 Å². The molecule has 1 amide bonds. The minimum atomic E-state index is -4.00. The summed E-state index contributed by atoms with van der Waals surface area (Å²) in [5.41, 5.74) is 1.23. The number of aromatic amines is 1. The molecule has 4 N–H and O–H groups in total. The third-order valence-electron chi connectivity index (χ3n) is 6.66. The number of sulfonamides is 1. The first-order chi connectivity index (χ1) is 21.2. The smallest absolute Gasteiger partial charge is 0.266 e. The second-order valence-electron chi connectivity index (χ2n) is 10.9. The monoisotopic (exact) mass is 633 g/mol. The van der Waals surface area contributed by atoms with Crippen LogP contribution in [0.2, 0.25) is 0 Å². The molecule has 3 aromatic heterocycles. The van der Waals surface area contributed by atoms with Gasteiger partial charge in [-0.1, -0.05) is 18.1 Å². The summed E-state index contributed by atoms with van der Waals surface area (Å²) >= 11 is 0. The Labute approximate surface area is 257 Å². The van der Waals surface area contributed by atoms with Crippen molar-refractivity contribution in [2.24, 2.45) is 7.05 Å². The van der Waals surface area contributed by atoms with Gasteiger partial charge in [-0.2, -0.15) is 10.2 Å². The summed E-state index contributed by atoms with van der Waals surface area (Å²) < 4.78 is 58.2. The Morgan fingerprint density at radius 2 is 1.87 bits per heavy atom. The SMILES string of the molecule is CC(=O)N[C@@H](Cc1cc(F)cc(F)c1)c1nc(C#CC(C)(C)O)ccc1-c1cccc2c(NS(=O)(=O)c3cn[nH]c3)nn(C)c12. The summed E-state index contributed by atoms with van der Waals surface area (Å²) in [6.45, 7) is 4.36. The number of H-pyrrole nitrogens is 1. The molecule has 0 aliphatic rings. The van der Waals surface area contributed by atoms with Gasteiger partial charge in [-0.3, -0.25) is 19.3 Å². The zero-order valence-corrected chi connectivity index (χ0v) is 25.5. The van der Waals surface area contributed by atoms with Crippen molar-refractivity contribution in [3.63, 3.8) is 0 Å². The van der Waals surface area contributed by atoms with E-state index in [1.54, 1.807) is 37.4 Å². The number of rotatable bonds is 8. The normalized spacial score (nSPS) is 12.4. The van der Waals surface area contributed by atoms with Crippen LogP contribution in [0.15, 0.2) is 65.8 Å². The van der Waals surface area contributed by atoms with Crippen molar-refractivity contribution < 1.29 is 27.1 Å². The van der Waals surface area contributed by atoms with Crippen LogP contribution < -0.4 is 10.0 Å². The molecule has 5 aromatic rings. The number of fused-ring (bicyclic) bond motifs is 1. The average Bonchev–Trinajstić information content (AvgIpc) is 3.60. The molecule has 2 aromatic carbocycles. The number of carbonyl (C=O) groups excluding carboxylic acids is 1. The van der Waals surface area contributed by atoms with Crippen LogP contribution in [0, 0.1) is 23.5 Å². The highest BCUT2D eigenvalue weighted by molar-refractivity contribution is 7.92. The fourth-order valence-electron chi connectivity index (χ4n) is 4.88. The number of aryl methyl sites for hydroxylation is 1. The van der Waals surface area contributed by atoms with Crippen LogP contribution in [0.5, 0.6) is 0 Å². The lowest BCUT2D eigenvalue weighted by molar-refractivity contribution is -0.119. The number of nitrogens with one attached hydrogen (secondary N) is 3. The van der Waals surface area contributed by atoms with Gasteiger partial charge in [0.1, 0.15) is 27.8 Å². The number of pyridine rings is 1. The van der Waals surface area contributed by atoms with E-state index in [0.717, 1.165) is 6.07 Å². The average molecular weight is 634 g/mol. The van der Waals surface area contributed by atoms with E-state index in [1.807, 2.05) is 0 Å². The maximum Gasteiger partial charge on any atom is 0.266 e. The molecule has 0 spiro atoms. The maximum absolute atomic E-state index is 14.1. The van der Waals surface area contributed by atoms with Crippen molar-refractivity contribution in [3.05, 3.63) is 89.5 Å². The third kappa shape index (κ3) is 7.17. The first-order valence-electron chi connectivity index (χ1n) is 13.7. The molecule has 14 heteroatoms. The van der Waals surface area contributed by atoms with Gasteiger partial charge in [-0.25, -0.2) is 22.2 Å². The Hall–Kier alpha value is -5.13. The van der Waals surface area contributed by atoms with Gasteiger partial charge < -0.3 is 10.4 Å². The predicted molar refractivity (Wildman–Crippen MR) is 163 cm³/mol. The van der Waals surface area contributed by atoms with E-state index in [0.29, 0.717) is 27.7 Å². The molecular formula is C31H29F2N7O4S. The third-order valence-corrected chi connectivity index (χ3v) is 7.97. The summed E-state index contributed by atoms with van der Waals surface area (Å²) in [5.74, 6) is 3.68. The number of nitrogens with zero attached hydrogens (tertiary/aromatic N) is 4. The highest BCUT2D eigenvalue weighted by atomic mass is 32.2. The van der Waals surface area contributed by atoms with E-state index in [-0.39, 0.29) is 28.4 Å². The Kier molecular flexibility index (Phi) is 8.42. The van der Waals surface area contributed by atoms with Gasteiger partial charge >= 0.3 is 0 Å². The first kappa shape index (κ1) is 31.3. The van der Waals surface area contributed by atoms with E-state index < -0.39 is 39.2 Å². The van der Waals surface area contributed by atoms with Gasteiger partial charge in [-0.05, 0) is 62.1 Å². The van der Waals surface area contributed by atoms with Crippen molar-refractivity contribution >= 4 is 32.7 Å². The summed E-state index contributed by atoms with van der Waals surface area (Å²) in [6.07, 6.45) is 2.39. The molecule has 0 fully saturated rings. The number of amides is 1. The van der Waals surface area contributed by atoms with E-state index >= 15 is 0 Å². The lowest BCUT2D eigenvalue weighted by atomic mass is 9.93. The lowest BCUT2D eigenvalue weighted by Crippen LogP contribution is -2.29. The number of benzene rings is 2. The molecule has 0 saturated heterocycles. The summed E-state index contributed by atoms with van der Waals surface area (Å²) in [4.78, 5) is 17.1. The fraction of sp³-hybridized carbons (Fsp3) is 0.226. The highest BCUT2D eigenvalue weighted by Crippen LogP contribution is 2.37. The van der Waals surface area contributed by atoms with E-state index in [9.17, 15) is 27.1 Å². The van der Waals surface area contributed by atoms with E-state index in [2.05, 4.69) is 37.2 Å². The second-order valence-corrected chi connectivity index (χ2v) is 12.6. The number of halogens is 2. The zero-order valence-electron chi connectivity index (χ0n) is 24.7. The number of aromatic nitrogens is 5. The zero-order chi connectivity index (χ0) is 32.5. The molecule has 45 heavy (non-hydrogen) atoms. The van der Waals surface area contributed by atoms with Crippen molar-refractivity contribution in [3.8, 4) is 23.0 Å². The van der Waals surface area contributed by atoms with E-state index in [1.165, 1.54) is 50.0 Å². The van der Waals surface area contributed by atoms with Crippen LogP contribution in [0.4, 0.5) is 14.6 Å². The Morgan fingerprint density at radius 1 is 1.13 bits per heavy atom. The molecular weight excluding hydrogens is 604 g/mol. The van der Waals surface area contributed by atoms with Gasteiger partial charge in [-0.15, -0.1) is 0 Å². The lowest BCUT2D eigenvalue weighted by Gasteiger charge is -2.22. The van der Waals surface area contributed by atoms with E-state index in [4.69, 9.17) is 4.98 Å². The predicted octanol–water partition coefficient (Wildman–Crippen LogP) is 3.98. The van der Waals surface area contributed by atoms with Crippen molar-refractivity contribution in [1.82, 2.24) is 30.3 Å². The number of para-hydroxylation sites is 1. The molecule has 0 unspecified atom stereocenters. The summed E-state index contributed by atoms with van der Waals surface area (Å²) in [7, 11) is -2.35. The number of aliphatic hydroxyl groups is 1. The number of hydrogen-bond donors (Lipinski definition) is 4.